The summed E-state index contributed by atoms with van der Waals surface area (Å²) in [6, 6.07) is 5.50. The molecule has 3 atom stereocenters. The van der Waals surface area contributed by atoms with Gasteiger partial charge in [-0.15, -0.1) is 0 Å². The van der Waals surface area contributed by atoms with Crippen molar-refractivity contribution >= 4 is 11.8 Å². The summed E-state index contributed by atoms with van der Waals surface area (Å²) < 4.78 is 0. The first-order chi connectivity index (χ1) is 10.0. The number of rotatable bonds is 1. The minimum absolute atomic E-state index is 0.178. The van der Waals surface area contributed by atoms with Crippen molar-refractivity contribution in [2.45, 2.75) is 31.3 Å². The van der Waals surface area contributed by atoms with Crippen molar-refractivity contribution in [3.63, 3.8) is 0 Å². The Morgan fingerprint density at radius 3 is 2.57 bits per heavy atom. The number of imide groups is 1. The summed E-state index contributed by atoms with van der Waals surface area (Å²) in [6.07, 6.45) is -1.38. The van der Waals surface area contributed by atoms with Crippen molar-refractivity contribution in [2.75, 3.05) is 0 Å². The quantitative estimate of drug-likeness (QED) is 0.602. The van der Waals surface area contributed by atoms with Crippen LogP contribution in [0.2, 0.25) is 0 Å². The largest absolute Gasteiger partial charge is 0.379 e. The van der Waals surface area contributed by atoms with E-state index in [0.29, 0.717) is 18.4 Å². The van der Waals surface area contributed by atoms with Gasteiger partial charge in [-0.3, -0.25) is 19.8 Å². The molecule has 3 rings (SSSR count). The van der Waals surface area contributed by atoms with E-state index >= 15 is 0 Å². The Morgan fingerprint density at radius 1 is 1.19 bits per heavy atom. The van der Waals surface area contributed by atoms with Crippen molar-refractivity contribution in [3.05, 3.63) is 34.9 Å². The molecule has 2 heterocycles. The molecule has 1 fully saturated rings. The number of carbonyl (C=O) groups excluding carboxylic acids is 2. The predicted octanol–water partition coefficient (Wildman–Crippen LogP) is -0.457. The number of nitriles is 1. The van der Waals surface area contributed by atoms with Crippen LogP contribution in [-0.4, -0.2) is 45.4 Å². The number of nitrogens with one attached hydrogen (secondary N) is 1. The summed E-state index contributed by atoms with van der Waals surface area (Å²) in [5.41, 5.74) is 0.712. The molecule has 21 heavy (non-hydrogen) atoms. The third-order valence-corrected chi connectivity index (χ3v) is 3.84. The maximum Gasteiger partial charge on any atom is 0.261 e. The Labute approximate surface area is 120 Å². The molecule has 2 aliphatic rings. The molecule has 2 amide bonds. The zero-order chi connectivity index (χ0) is 15.1. The molecule has 0 radical (unpaired) electrons. The Balaban J connectivity index is 1.95. The van der Waals surface area contributed by atoms with Gasteiger partial charge < -0.3 is 10.2 Å². The van der Waals surface area contributed by atoms with E-state index < -0.39 is 30.3 Å². The number of hydrogen-bond donors (Lipinski definition) is 3. The fourth-order valence-electron chi connectivity index (χ4n) is 2.78. The van der Waals surface area contributed by atoms with Gasteiger partial charge in [0.05, 0.1) is 28.8 Å². The van der Waals surface area contributed by atoms with Crippen molar-refractivity contribution in [2.24, 2.45) is 0 Å². The molecule has 0 aliphatic carbocycles. The van der Waals surface area contributed by atoms with Gasteiger partial charge in [-0.1, -0.05) is 0 Å². The molecule has 0 aromatic heterocycles. The minimum atomic E-state index is -1.17. The zero-order valence-electron chi connectivity index (χ0n) is 11.0. The summed E-state index contributed by atoms with van der Waals surface area (Å²) in [5, 5.41) is 30.7. The number of nitrogens with zero attached hydrogens (tertiary/aromatic N) is 2. The zero-order valence-corrected chi connectivity index (χ0v) is 11.0. The second-order valence-corrected chi connectivity index (χ2v) is 5.12. The predicted molar refractivity (Wildman–Crippen MR) is 69.8 cm³/mol. The van der Waals surface area contributed by atoms with E-state index in [1.165, 1.54) is 18.2 Å². The fraction of sp³-hybridized carbons (Fsp3) is 0.357. The monoisotopic (exact) mass is 287 g/mol. The summed E-state index contributed by atoms with van der Waals surface area (Å²) in [6.45, 7) is 0. The van der Waals surface area contributed by atoms with Gasteiger partial charge in [0, 0.05) is 0 Å². The molecule has 0 saturated carbocycles. The smallest absolute Gasteiger partial charge is 0.261 e. The van der Waals surface area contributed by atoms with Crippen LogP contribution in [0.5, 0.6) is 0 Å². The molecule has 1 aromatic carbocycles. The molecule has 1 saturated heterocycles. The van der Waals surface area contributed by atoms with E-state index in [0.717, 1.165) is 4.90 Å². The average Bonchev–Trinajstić information content (AvgIpc) is 2.71. The minimum Gasteiger partial charge on any atom is -0.379 e. The number of hydrogen-bond acceptors (Lipinski definition) is 6. The lowest BCUT2D eigenvalue weighted by molar-refractivity contribution is -0.0413. The lowest BCUT2D eigenvalue weighted by atomic mass is 10.0. The van der Waals surface area contributed by atoms with Gasteiger partial charge in [0.2, 0.25) is 0 Å². The van der Waals surface area contributed by atoms with Crippen LogP contribution >= 0.6 is 0 Å². The standard InChI is InChI=1S/C14H13N3O4/c15-6-7-1-2-8-9(5-7)14(21)17(13(8)20)10-3-4-11(18)16-12(10)19/h1-2,5,10-12,16,18-19H,3-4H2. The molecule has 7 nitrogen and oxygen atoms in total. The molecule has 108 valence electrons. The molecule has 2 aliphatic heterocycles. The Bertz CT molecular complexity index is 667. The van der Waals surface area contributed by atoms with E-state index in [4.69, 9.17) is 5.26 Å². The molecule has 0 bridgehead atoms. The fourth-order valence-corrected chi connectivity index (χ4v) is 2.78. The first-order valence-electron chi connectivity index (χ1n) is 6.57. The summed E-state index contributed by atoms with van der Waals surface area (Å²) in [5.74, 6) is -1.00. The van der Waals surface area contributed by atoms with Gasteiger partial charge in [-0.05, 0) is 31.0 Å². The summed E-state index contributed by atoms with van der Waals surface area (Å²) in [4.78, 5) is 25.8. The van der Waals surface area contributed by atoms with Crippen molar-refractivity contribution in [1.82, 2.24) is 10.2 Å². The van der Waals surface area contributed by atoms with Gasteiger partial charge in [0.25, 0.3) is 11.8 Å². The maximum atomic E-state index is 12.4. The SMILES string of the molecule is N#Cc1ccc2c(c1)C(=O)N(C1CCC(O)NC1O)C2=O. The lowest BCUT2D eigenvalue weighted by Gasteiger charge is -2.36. The van der Waals surface area contributed by atoms with E-state index in [-0.39, 0.29) is 11.1 Å². The molecule has 1 aromatic rings. The van der Waals surface area contributed by atoms with Gasteiger partial charge in [-0.25, -0.2) is 0 Å². The average molecular weight is 287 g/mol. The first kappa shape index (κ1) is 13.7. The number of aliphatic hydroxyl groups excluding tert-OH is 2. The van der Waals surface area contributed by atoms with E-state index in [9.17, 15) is 19.8 Å². The summed E-state index contributed by atoms with van der Waals surface area (Å²) in [7, 11) is 0. The van der Waals surface area contributed by atoms with E-state index in [1.807, 2.05) is 6.07 Å². The van der Waals surface area contributed by atoms with Crippen LogP contribution in [-0.2, 0) is 0 Å². The van der Waals surface area contributed by atoms with Gasteiger partial charge in [0.15, 0.2) is 0 Å². The van der Waals surface area contributed by atoms with E-state index in [2.05, 4.69) is 5.32 Å². The highest BCUT2D eigenvalue weighted by molar-refractivity contribution is 6.21. The highest BCUT2D eigenvalue weighted by atomic mass is 16.3. The number of fused-ring (bicyclic) bond motifs is 1. The number of benzene rings is 1. The van der Waals surface area contributed by atoms with Crippen LogP contribution < -0.4 is 5.32 Å². The van der Waals surface area contributed by atoms with Gasteiger partial charge >= 0.3 is 0 Å². The van der Waals surface area contributed by atoms with Crippen molar-refractivity contribution in [3.8, 4) is 6.07 Å². The number of piperidine rings is 1. The molecular formula is C14H13N3O4. The highest BCUT2D eigenvalue weighted by Gasteiger charge is 2.44. The molecule has 3 N–H and O–H groups in total. The van der Waals surface area contributed by atoms with Gasteiger partial charge in [0.1, 0.15) is 12.5 Å². The number of aliphatic hydroxyl groups is 2. The van der Waals surface area contributed by atoms with Crippen LogP contribution in [0.15, 0.2) is 18.2 Å². The third-order valence-electron chi connectivity index (χ3n) is 3.84. The number of amides is 2. The highest BCUT2D eigenvalue weighted by Crippen LogP contribution is 2.29. The van der Waals surface area contributed by atoms with E-state index in [1.54, 1.807) is 0 Å². The lowest BCUT2D eigenvalue weighted by Crippen LogP contribution is -2.58. The van der Waals surface area contributed by atoms with Crippen LogP contribution in [0.4, 0.5) is 0 Å². The Kier molecular flexibility index (Phi) is 3.22. The third kappa shape index (κ3) is 2.10. The molecule has 0 spiro atoms. The van der Waals surface area contributed by atoms with Crippen LogP contribution in [0.25, 0.3) is 0 Å². The number of carbonyl (C=O) groups is 2. The Morgan fingerprint density at radius 2 is 1.90 bits per heavy atom. The summed E-state index contributed by atoms with van der Waals surface area (Å²) >= 11 is 0. The molecule has 7 heteroatoms. The molecular weight excluding hydrogens is 274 g/mol. The van der Waals surface area contributed by atoms with Crippen LogP contribution in [0.3, 0.4) is 0 Å². The maximum absolute atomic E-state index is 12.4. The van der Waals surface area contributed by atoms with Crippen LogP contribution in [0, 0.1) is 11.3 Å². The second kappa shape index (κ2) is 4.93. The van der Waals surface area contributed by atoms with Crippen molar-refractivity contribution in [1.29, 1.82) is 5.26 Å². The molecule has 3 unspecified atom stereocenters. The Hall–Kier alpha value is -2.27. The normalized spacial score (nSPS) is 28.4. The van der Waals surface area contributed by atoms with Crippen LogP contribution in [0.1, 0.15) is 39.1 Å². The van der Waals surface area contributed by atoms with Gasteiger partial charge in [-0.2, -0.15) is 5.26 Å². The second-order valence-electron chi connectivity index (χ2n) is 5.12. The van der Waals surface area contributed by atoms with Crippen molar-refractivity contribution < 1.29 is 19.8 Å². The first-order valence-corrected chi connectivity index (χ1v) is 6.57. The topological polar surface area (TPSA) is 114 Å².